The summed E-state index contributed by atoms with van der Waals surface area (Å²) < 4.78 is 0. The van der Waals surface area contributed by atoms with Crippen molar-refractivity contribution in [1.29, 1.82) is 0 Å². The van der Waals surface area contributed by atoms with Crippen molar-refractivity contribution in [3.63, 3.8) is 0 Å². The number of carbonyl (C=O) groups excluding carboxylic acids is 1. The van der Waals surface area contributed by atoms with E-state index in [1.54, 1.807) is 0 Å². The molecule has 0 amide bonds. The standard InChI is InChI=1S/C17H20OSi/c1-19(2,14-8-4-3-5-9-14)12-16-15-10-6-7-13(15)11-17(16)18/h3-5,8-9,11-12,15H,6-7,10H2,1-2H3/b16-12-/t15-/m1/s1. The SMILES string of the molecule is C[Si](C)(/C=C1\C(=O)C=C2CCC[C@H]21)c1ccccc1. The largest absolute Gasteiger partial charge is 0.290 e. The fourth-order valence-electron chi connectivity index (χ4n) is 3.33. The summed E-state index contributed by atoms with van der Waals surface area (Å²) in [6.07, 6.45) is 5.44. The first-order valence-corrected chi connectivity index (χ1v) is 10.2. The summed E-state index contributed by atoms with van der Waals surface area (Å²) >= 11 is 0. The predicted molar refractivity (Wildman–Crippen MR) is 82.1 cm³/mol. The number of ketones is 1. The maximum absolute atomic E-state index is 12.2. The number of allylic oxidation sites excluding steroid dienone is 3. The van der Waals surface area contributed by atoms with Gasteiger partial charge in [0, 0.05) is 5.92 Å². The molecule has 0 aromatic heterocycles. The lowest BCUT2D eigenvalue weighted by Crippen LogP contribution is -2.40. The summed E-state index contributed by atoms with van der Waals surface area (Å²) in [6, 6.07) is 10.6. The van der Waals surface area contributed by atoms with Gasteiger partial charge in [-0.25, -0.2) is 0 Å². The number of benzene rings is 1. The van der Waals surface area contributed by atoms with Crippen LogP contribution in [0.5, 0.6) is 0 Å². The van der Waals surface area contributed by atoms with Gasteiger partial charge in [0.05, 0.1) is 0 Å². The van der Waals surface area contributed by atoms with E-state index < -0.39 is 8.07 Å². The van der Waals surface area contributed by atoms with Gasteiger partial charge in [-0.05, 0) is 30.9 Å². The van der Waals surface area contributed by atoms with Crippen LogP contribution in [0.2, 0.25) is 13.1 Å². The Balaban J connectivity index is 1.96. The highest BCUT2D eigenvalue weighted by molar-refractivity contribution is 6.94. The van der Waals surface area contributed by atoms with Crippen molar-refractivity contribution in [2.75, 3.05) is 0 Å². The summed E-state index contributed by atoms with van der Waals surface area (Å²) in [7, 11) is -1.66. The first kappa shape index (κ1) is 12.6. The molecule has 3 rings (SSSR count). The van der Waals surface area contributed by atoms with Crippen LogP contribution >= 0.6 is 0 Å². The van der Waals surface area contributed by atoms with Crippen molar-refractivity contribution in [2.24, 2.45) is 5.92 Å². The second-order valence-corrected chi connectivity index (χ2v) is 10.5. The average Bonchev–Trinajstić information content (AvgIpc) is 2.94. The van der Waals surface area contributed by atoms with E-state index in [9.17, 15) is 4.79 Å². The molecule has 0 bridgehead atoms. The zero-order valence-corrected chi connectivity index (χ0v) is 12.6. The Hall–Kier alpha value is -1.41. The Morgan fingerprint density at radius 2 is 1.95 bits per heavy atom. The lowest BCUT2D eigenvalue weighted by Gasteiger charge is -2.21. The third kappa shape index (κ3) is 2.25. The number of fused-ring (bicyclic) bond motifs is 1. The predicted octanol–water partition coefficient (Wildman–Crippen LogP) is 3.38. The van der Waals surface area contributed by atoms with Crippen LogP contribution in [-0.2, 0) is 4.79 Å². The van der Waals surface area contributed by atoms with Gasteiger partial charge in [0.2, 0.25) is 0 Å². The lowest BCUT2D eigenvalue weighted by atomic mass is 10.0. The van der Waals surface area contributed by atoms with Gasteiger partial charge in [-0.2, -0.15) is 0 Å². The minimum absolute atomic E-state index is 0.274. The topological polar surface area (TPSA) is 17.1 Å². The minimum Gasteiger partial charge on any atom is -0.290 e. The van der Waals surface area contributed by atoms with Crippen LogP contribution in [0.25, 0.3) is 0 Å². The second-order valence-electron chi connectivity index (χ2n) is 6.22. The van der Waals surface area contributed by atoms with Gasteiger partial charge < -0.3 is 0 Å². The van der Waals surface area contributed by atoms with Gasteiger partial charge in [0.1, 0.15) is 8.07 Å². The number of hydrogen-bond acceptors (Lipinski definition) is 1. The highest BCUT2D eigenvalue weighted by Crippen LogP contribution is 2.41. The van der Waals surface area contributed by atoms with Crippen molar-refractivity contribution in [1.82, 2.24) is 0 Å². The smallest absolute Gasteiger partial charge is 0.181 e. The van der Waals surface area contributed by atoms with E-state index in [4.69, 9.17) is 0 Å². The highest BCUT2D eigenvalue weighted by Gasteiger charge is 2.35. The van der Waals surface area contributed by atoms with Gasteiger partial charge in [-0.15, -0.1) is 0 Å². The van der Waals surface area contributed by atoms with E-state index in [-0.39, 0.29) is 5.78 Å². The molecule has 0 aliphatic heterocycles. The zero-order valence-electron chi connectivity index (χ0n) is 11.6. The van der Waals surface area contributed by atoms with Crippen LogP contribution in [0.15, 0.2) is 53.3 Å². The normalized spacial score (nSPS) is 24.7. The molecule has 1 nitrogen and oxygen atoms in total. The van der Waals surface area contributed by atoms with Gasteiger partial charge in [-0.3, -0.25) is 4.79 Å². The van der Waals surface area contributed by atoms with Crippen molar-refractivity contribution in [3.8, 4) is 0 Å². The number of rotatable bonds is 2. The quantitative estimate of drug-likeness (QED) is 0.593. The maximum atomic E-state index is 12.2. The Kier molecular flexibility index (Phi) is 3.06. The molecule has 0 saturated heterocycles. The maximum Gasteiger partial charge on any atom is 0.181 e. The summed E-state index contributed by atoms with van der Waals surface area (Å²) in [4.78, 5) is 12.2. The first-order valence-electron chi connectivity index (χ1n) is 7.11. The molecule has 0 spiro atoms. The molecule has 1 aromatic rings. The highest BCUT2D eigenvalue weighted by atomic mass is 28.3. The molecular formula is C17H20OSi. The summed E-state index contributed by atoms with van der Waals surface area (Å²) in [5.41, 5.74) is 4.81. The molecular weight excluding hydrogens is 248 g/mol. The van der Waals surface area contributed by atoms with Crippen LogP contribution in [-0.4, -0.2) is 13.9 Å². The Morgan fingerprint density at radius 3 is 2.68 bits per heavy atom. The molecule has 2 aliphatic carbocycles. The van der Waals surface area contributed by atoms with E-state index in [1.165, 1.54) is 23.6 Å². The van der Waals surface area contributed by atoms with Gasteiger partial charge in [0.25, 0.3) is 0 Å². The molecule has 2 aliphatic rings. The molecule has 0 N–H and O–H groups in total. The van der Waals surface area contributed by atoms with Gasteiger partial charge >= 0.3 is 0 Å². The van der Waals surface area contributed by atoms with Crippen LogP contribution in [0.3, 0.4) is 0 Å². The summed E-state index contributed by atoms with van der Waals surface area (Å²) in [5, 5.41) is 1.40. The molecule has 0 radical (unpaired) electrons. The first-order chi connectivity index (χ1) is 9.08. The number of hydrogen-bond donors (Lipinski definition) is 0. The van der Waals surface area contributed by atoms with Crippen molar-refractivity contribution < 1.29 is 4.79 Å². The molecule has 0 unspecified atom stereocenters. The van der Waals surface area contributed by atoms with Gasteiger partial charge in [0.15, 0.2) is 5.78 Å². The minimum atomic E-state index is -1.66. The van der Waals surface area contributed by atoms with Crippen LogP contribution in [0, 0.1) is 5.92 Å². The van der Waals surface area contributed by atoms with Crippen LogP contribution < -0.4 is 5.19 Å². The number of carbonyl (C=O) groups is 1. The Labute approximate surface area is 116 Å². The molecule has 1 aromatic carbocycles. The molecule has 1 atom stereocenters. The third-order valence-electron chi connectivity index (χ3n) is 4.42. The monoisotopic (exact) mass is 268 g/mol. The Bertz CT molecular complexity index is 566. The fraction of sp³-hybridized carbons (Fsp3) is 0.353. The van der Waals surface area contributed by atoms with E-state index >= 15 is 0 Å². The molecule has 1 fully saturated rings. The average molecular weight is 268 g/mol. The van der Waals surface area contributed by atoms with Gasteiger partial charge in [-0.1, -0.05) is 59.9 Å². The van der Waals surface area contributed by atoms with E-state index in [0.29, 0.717) is 5.92 Å². The van der Waals surface area contributed by atoms with Crippen LogP contribution in [0.1, 0.15) is 19.3 Å². The van der Waals surface area contributed by atoms with E-state index in [0.717, 1.165) is 12.0 Å². The van der Waals surface area contributed by atoms with E-state index in [2.05, 4.69) is 49.1 Å². The lowest BCUT2D eigenvalue weighted by molar-refractivity contribution is -0.111. The van der Waals surface area contributed by atoms with Crippen molar-refractivity contribution in [2.45, 2.75) is 32.4 Å². The zero-order chi connectivity index (χ0) is 13.5. The molecule has 19 heavy (non-hydrogen) atoms. The molecule has 98 valence electrons. The second kappa shape index (κ2) is 4.60. The van der Waals surface area contributed by atoms with Crippen molar-refractivity contribution in [3.05, 3.63) is 53.3 Å². The summed E-state index contributed by atoms with van der Waals surface area (Å²) in [6.45, 7) is 4.66. The molecule has 1 saturated carbocycles. The Morgan fingerprint density at radius 1 is 1.21 bits per heavy atom. The van der Waals surface area contributed by atoms with Crippen molar-refractivity contribution >= 4 is 19.0 Å². The van der Waals surface area contributed by atoms with Crippen LogP contribution in [0.4, 0.5) is 0 Å². The van der Waals surface area contributed by atoms with E-state index in [1.807, 2.05) is 6.08 Å². The fourth-order valence-corrected chi connectivity index (χ4v) is 5.67. The molecule has 2 heteroatoms. The summed E-state index contributed by atoms with van der Waals surface area (Å²) in [5.74, 6) is 0.721. The third-order valence-corrected chi connectivity index (χ3v) is 7.27. The molecule has 0 heterocycles.